The summed E-state index contributed by atoms with van der Waals surface area (Å²) >= 11 is 0. The zero-order valence-electron chi connectivity index (χ0n) is 17.1. The zero-order chi connectivity index (χ0) is 20.1. The zero-order valence-corrected chi connectivity index (χ0v) is 19.4. The quantitative estimate of drug-likeness (QED) is 0.330. The van der Waals surface area contributed by atoms with Crippen LogP contribution in [0.15, 0.2) is 4.99 Å². The summed E-state index contributed by atoms with van der Waals surface area (Å²) in [7, 11) is 3.54. The average Bonchev–Trinajstić information content (AvgIpc) is 3.09. The molecule has 2 N–H and O–H groups in total. The number of halogens is 4. The summed E-state index contributed by atoms with van der Waals surface area (Å²) in [4.78, 5) is 19.0. The maximum atomic E-state index is 12.8. The molecule has 2 aliphatic rings. The highest BCUT2D eigenvalue weighted by molar-refractivity contribution is 14.0. The van der Waals surface area contributed by atoms with Crippen LogP contribution in [0, 0.1) is 11.3 Å². The van der Waals surface area contributed by atoms with Crippen molar-refractivity contribution in [1.29, 1.82) is 0 Å². The third-order valence-electron chi connectivity index (χ3n) is 5.84. The Kier molecular flexibility index (Phi) is 9.82. The van der Waals surface area contributed by atoms with Gasteiger partial charge >= 0.3 is 6.18 Å². The molecule has 28 heavy (non-hydrogen) atoms. The van der Waals surface area contributed by atoms with Crippen molar-refractivity contribution < 1.29 is 18.0 Å². The van der Waals surface area contributed by atoms with Crippen molar-refractivity contribution in [3.05, 3.63) is 0 Å². The van der Waals surface area contributed by atoms with E-state index < -0.39 is 17.5 Å². The van der Waals surface area contributed by atoms with Crippen LogP contribution in [0.2, 0.25) is 0 Å². The minimum absolute atomic E-state index is 0. The Morgan fingerprint density at radius 1 is 1.14 bits per heavy atom. The monoisotopic (exact) mass is 518 g/mol. The van der Waals surface area contributed by atoms with Crippen LogP contribution in [-0.2, 0) is 4.79 Å². The Hall–Kier alpha value is -0.740. The lowest BCUT2D eigenvalue weighted by Crippen LogP contribution is -2.47. The summed E-state index contributed by atoms with van der Waals surface area (Å²) in [5.74, 6) is -0.467. The molecule has 0 bridgehead atoms. The number of nitrogens with zero attached hydrogens (tertiary/aromatic N) is 2. The van der Waals surface area contributed by atoms with Gasteiger partial charge in [-0.3, -0.25) is 9.79 Å². The van der Waals surface area contributed by atoms with Gasteiger partial charge in [-0.1, -0.05) is 12.8 Å². The van der Waals surface area contributed by atoms with Crippen molar-refractivity contribution in [2.24, 2.45) is 16.3 Å². The number of hydrogen-bond donors (Lipinski definition) is 2. The van der Waals surface area contributed by atoms with E-state index >= 15 is 0 Å². The molecule has 0 atom stereocenters. The predicted octanol–water partition coefficient (Wildman–Crippen LogP) is 3.93. The number of carbonyl (C=O) groups is 1. The number of aliphatic imine (C=N–C) groups is 1. The molecule has 0 aromatic carbocycles. The van der Waals surface area contributed by atoms with Gasteiger partial charge in [0.05, 0.1) is 17.9 Å². The molecule has 2 rings (SSSR count). The highest BCUT2D eigenvalue weighted by atomic mass is 127. The van der Waals surface area contributed by atoms with Gasteiger partial charge in [0.1, 0.15) is 0 Å². The molecule has 2 aliphatic carbocycles. The van der Waals surface area contributed by atoms with Gasteiger partial charge in [-0.2, -0.15) is 13.2 Å². The van der Waals surface area contributed by atoms with Crippen LogP contribution in [0.1, 0.15) is 58.3 Å². The first-order valence-electron chi connectivity index (χ1n) is 10.0. The number of rotatable bonds is 5. The van der Waals surface area contributed by atoms with E-state index in [2.05, 4.69) is 15.6 Å². The highest BCUT2D eigenvalue weighted by Crippen LogP contribution is 2.40. The molecule has 9 heteroatoms. The molecule has 2 fully saturated rings. The van der Waals surface area contributed by atoms with E-state index in [1.54, 1.807) is 19.0 Å². The fourth-order valence-corrected chi connectivity index (χ4v) is 4.27. The van der Waals surface area contributed by atoms with Gasteiger partial charge < -0.3 is 15.5 Å². The molecule has 0 heterocycles. The second-order valence-corrected chi connectivity index (χ2v) is 8.12. The van der Waals surface area contributed by atoms with Crippen LogP contribution in [-0.4, -0.2) is 56.2 Å². The number of carbonyl (C=O) groups excluding carboxylic acids is 1. The molecule has 164 valence electrons. The molecule has 5 nitrogen and oxygen atoms in total. The Balaban J connectivity index is 0.00000392. The molecule has 0 aromatic heterocycles. The van der Waals surface area contributed by atoms with Gasteiger partial charge in [0.15, 0.2) is 5.96 Å². The largest absolute Gasteiger partial charge is 0.391 e. The van der Waals surface area contributed by atoms with Gasteiger partial charge in [-0.05, 0) is 45.4 Å². The first-order valence-corrected chi connectivity index (χ1v) is 10.0. The average molecular weight is 518 g/mol. The molecular formula is C19H34F3IN4O. The molecule has 0 spiro atoms. The Labute approximate surface area is 183 Å². The third-order valence-corrected chi connectivity index (χ3v) is 5.84. The van der Waals surface area contributed by atoms with E-state index in [4.69, 9.17) is 0 Å². The lowest BCUT2D eigenvalue weighted by Gasteiger charge is -2.32. The fraction of sp³-hybridized carbons (Fsp3) is 0.895. The maximum absolute atomic E-state index is 12.8. The van der Waals surface area contributed by atoms with E-state index in [-0.39, 0.29) is 48.8 Å². The lowest BCUT2D eigenvalue weighted by molar-refractivity contribution is -0.182. The van der Waals surface area contributed by atoms with Crippen LogP contribution in [0.25, 0.3) is 0 Å². The summed E-state index contributed by atoms with van der Waals surface area (Å²) in [6.45, 7) is 3.03. The molecule has 0 saturated heterocycles. The smallest absolute Gasteiger partial charge is 0.357 e. The molecular weight excluding hydrogens is 484 g/mol. The first-order chi connectivity index (χ1) is 12.7. The number of nitrogens with one attached hydrogen (secondary N) is 2. The minimum Gasteiger partial charge on any atom is -0.357 e. The fourth-order valence-electron chi connectivity index (χ4n) is 4.27. The number of hydrogen-bond acceptors (Lipinski definition) is 2. The topological polar surface area (TPSA) is 56.7 Å². The second kappa shape index (κ2) is 10.9. The number of guanidine groups is 1. The van der Waals surface area contributed by atoms with E-state index in [0.29, 0.717) is 31.9 Å². The van der Waals surface area contributed by atoms with Crippen molar-refractivity contribution in [2.75, 3.05) is 27.2 Å². The van der Waals surface area contributed by atoms with Crippen molar-refractivity contribution >= 4 is 35.8 Å². The Morgan fingerprint density at radius 3 is 2.18 bits per heavy atom. The number of amides is 1. The van der Waals surface area contributed by atoms with Gasteiger partial charge in [0.25, 0.3) is 0 Å². The first kappa shape index (κ1) is 25.3. The van der Waals surface area contributed by atoms with Gasteiger partial charge in [-0.15, -0.1) is 24.0 Å². The summed E-state index contributed by atoms with van der Waals surface area (Å²) in [6.07, 6.45) is 0.916. The highest BCUT2D eigenvalue weighted by Gasteiger charge is 2.43. The molecule has 0 unspecified atom stereocenters. The van der Waals surface area contributed by atoms with Crippen molar-refractivity contribution in [1.82, 2.24) is 15.5 Å². The van der Waals surface area contributed by atoms with Crippen LogP contribution in [0.4, 0.5) is 13.2 Å². The Morgan fingerprint density at radius 2 is 1.71 bits per heavy atom. The van der Waals surface area contributed by atoms with Crippen LogP contribution in [0.5, 0.6) is 0 Å². The van der Waals surface area contributed by atoms with Crippen LogP contribution < -0.4 is 10.6 Å². The molecule has 2 saturated carbocycles. The molecule has 0 aliphatic heterocycles. The third kappa shape index (κ3) is 6.66. The van der Waals surface area contributed by atoms with E-state index in [9.17, 15) is 18.0 Å². The van der Waals surface area contributed by atoms with Crippen molar-refractivity contribution in [3.8, 4) is 0 Å². The van der Waals surface area contributed by atoms with Crippen LogP contribution >= 0.6 is 24.0 Å². The predicted molar refractivity (Wildman–Crippen MR) is 116 cm³/mol. The van der Waals surface area contributed by atoms with Crippen LogP contribution in [0.3, 0.4) is 0 Å². The minimum atomic E-state index is -4.09. The molecule has 0 radical (unpaired) electrons. The van der Waals surface area contributed by atoms with Gasteiger partial charge in [0, 0.05) is 26.7 Å². The Bertz CT molecular complexity index is 526. The number of alkyl halides is 3. The maximum Gasteiger partial charge on any atom is 0.391 e. The van der Waals surface area contributed by atoms with E-state index in [0.717, 1.165) is 25.7 Å². The van der Waals surface area contributed by atoms with Crippen molar-refractivity contribution in [2.45, 2.75) is 70.5 Å². The molecule has 0 aromatic rings. The lowest BCUT2D eigenvalue weighted by atomic mass is 9.84. The van der Waals surface area contributed by atoms with E-state index in [1.807, 2.05) is 6.92 Å². The van der Waals surface area contributed by atoms with Gasteiger partial charge in [-0.25, -0.2) is 0 Å². The summed E-state index contributed by atoms with van der Waals surface area (Å²) in [5.41, 5.74) is -0.445. The SMILES string of the molecule is CCNC(=NCC1(C(=O)N(C)C)CCCC1)NC1CCC(C(F)(F)F)CC1.I. The summed E-state index contributed by atoms with van der Waals surface area (Å²) < 4.78 is 38.5. The summed E-state index contributed by atoms with van der Waals surface area (Å²) in [5, 5.41) is 6.46. The van der Waals surface area contributed by atoms with Gasteiger partial charge in [0.2, 0.25) is 5.91 Å². The standard InChI is InChI=1S/C19H33F3N4O.HI/c1-4-23-17(25-15-9-7-14(8-10-15)19(20,21)22)24-13-18(11-5-6-12-18)16(27)26(2)3;/h14-15H,4-13H2,1-3H3,(H2,23,24,25);1H. The van der Waals surface area contributed by atoms with E-state index in [1.165, 1.54) is 0 Å². The molecule has 1 amide bonds. The van der Waals surface area contributed by atoms with Crippen molar-refractivity contribution in [3.63, 3.8) is 0 Å². The normalized spacial score (nSPS) is 25.0. The summed E-state index contributed by atoms with van der Waals surface area (Å²) in [6, 6.07) is -0.00882. The second-order valence-electron chi connectivity index (χ2n) is 8.12.